The first-order valence-corrected chi connectivity index (χ1v) is 6.79. The lowest BCUT2D eigenvalue weighted by molar-refractivity contribution is 0.0951. The van der Waals surface area contributed by atoms with Crippen molar-refractivity contribution >= 4 is 11.6 Å². The molecule has 0 fully saturated rings. The second-order valence-electron chi connectivity index (χ2n) is 6.28. The van der Waals surface area contributed by atoms with Crippen LogP contribution in [0.4, 0.5) is 5.69 Å². The smallest absolute Gasteiger partial charge is 0.252 e. The van der Waals surface area contributed by atoms with E-state index in [1.807, 2.05) is 6.07 Å². The van der Waals surface area contributed by atoms with E-state index in [0.29, 0.717) is 18.0 Å². The van der Waals surface area contributed by atoms with Crippen molar-refractivity contribution in [2.24, 2.45) is 5.92 Å². The lowest BCUT2D eigenvalue weighted by Gasteiger charge is -2.22. The molecule has 0 radical (unpaired) electrons. The second-order valence-corrected chi connectivity index (χ2v) is 6.28. The zero-order valence-corrected chi connectivity index (χ0v) is 12.6. The summed E-state index contributed by atoms with van der Waals surface area (Å²) in [4.78, 5) is 16.1. The Morgan fingerprint density at radius 3 is 2.58 bits per heavy atom. The standard InChI is InChI=1S/C15H25N3O/c1-11(2)6-7-17-14(19)12-8-13(10-16-9-12)18-15(3,4)5/h8-11,18H,6-7H2,1-5H3,(H,17,19). The Hall–Kier alpha value is -1.58. The van der Waals surface area contributed by atoms with Crippen molar-refractivity contribution < 1.29 is 4.79 Å². The van der Waals surface area contributed by atoms with E-state index in [1.165, 1.54) is 0 Å². The minimum atomic E-state index is -0.0642. The molecule has 1 rings (SSSR count). The summed E-state index contributed by atoms with van der Waals surface area (Å²) in [6.45, 7) is 11.2. The number of aromatic nitrogens is 1. The van der Waals surface area contributed by atoms with Crippen molar-refractivity contribution in [2.45, 2.75) is 46.6 Å². The summed E-state index contributed by atoms with van der Waals surface area (Å²) in [7, 11) is 0. The van der Waals surface area contributed by atoms with E-state index in [0.717, 1.165) is 12.1 Å². The van der Waals surface area contributed by atoms with Gasteiger partial charge in [0, 0.05) is 24.5 Å². The van der Waals surface area contributed by atoms with Gasteiger partial charge in [-0.1, -0.05) is 13.8 Å². The zero-order chi connectivity index (χ0) is 14.5. The molecule has 0 saturated carbocycles. The van der Waals surface area contributed by atoms with Crippen LogP contribution in [0, 0.1) is 5.92 Å². The highest BCUT2D eigenvalue weighted by atomic mass is 16.1. The van der Waals surface area contributed by atoms with Gasteiger partial charge in [-0.25, -0.2) is 0 Å². The monoisotopic (exact) mass is 263 g/mol. The minimum absolute atomic E-state index is 0.0472. The van der Waals surface area contributed by atoms with Crippen LogP contribution >= 0.6 is 0 Å². The molecule has 0 aliphatic rings. The van der Waals surface area contributed by atoms with Crippen molar-refractivity contribution in [2.75, 3.05) is 11.9 Å². The van der Waals surface area contributed by atoms with Crippen LogP contribution in [0.3, 0.4) is 0 Å². The van der Waals surface area contributed by atoms with Crippen LogP contribution in [0.15, 0.2) is 18.5 Å². The highest BCUT2D eigenvalue weighted by molar-refractivity contribution is 5.94. The number of carbonyl (C=O) groups is 1. The van der Waals surface area contributed by atoms with E-state index < -0.39 is 0 Å². The summed E-state index contributed by atoms with van der Waals surface area (Å²) in [6, 6.07) is 1.84. The van der Waals surface area contributed by atoms with Crippen LogP contribution in [0.25, 0.3) is 0 Å². The third kappa shape index (κ3) is 6.22. The molecule has 4 heteroatoms. The average Bonchev–Trinajstić information content (AvgIpc) is 2.26. The maximum atomic E-state index is 12.0. The van der Waals surface area contributed by atoms with Gasteiger partial charge in [0.1, 0.15) is 0 Å². The predicted molar refractivity (Wildman–Crippen MR) is 79.4 cm³/mol. The van der Waals surface area contributed by atoms with E-state index in [9.17, 15) is 4.79 Å². The Kier molecular flexibility index (Phi) is 5.33. The molecule has 0 unspecified atom stereocenters. The molecule has 0 aliphatic heterocycles. The summed E-state index contributed by atoms with van der Waals surface area (Å²) in [6.07, 6.45) is 4.31. The number of pyridine rings is 1. The summed E-state index contributed by atoms with van der Waals surface area (Å²) < 4.78 is 0. The maximum Gasteiger partial charge on any atom is 0.252 e. The molecule has 2 N–H and O–H groups in total. The summed E-state index contributed by atoms with van der Waals surface area (Å²) in [5.41, 5.74) is 1.41. The Morgan fingerprint density at radius 2 is 2.00 bits per heavy atom. The number of hydrogen-bond acceptors (Lipinski definition) is 3. The third-order valence-electron chi connectivity index (χ3n) is 2.53. The van der Waals surface area contributed by atoms with Gasteiger partial charge in [0.25, 0.3) is 5.91 Å². The number of nitrogens with one attached hydrogen (secondary N) is 2. The van der Waals surface area contributed by atoms with Gasteiger partial charge in [0.2, 0.25) is 0 Å². The van der Waals surface area contributed by atoms with E-state index in [1.54, 1.807) is 12.4 Å². The van der Waals surface area contributed by atoms with E-state index in [4.69, 9.17) is 0 Å². The number of carbonyl (C=O) groups excluding carboxylic acids is 1. The van der Waals surface area contributed by atoms with Crippen molar-refractivity contribution in [1.29, 1.82) is 0 Å². The molecule has 19 heavy (non-hydrogen) atoms. The first kappa shape index (κ1) is 15.5. The molecule has 0 atom stereocenters. The Balaban J connectivity index is 2.63. The normalized spacial score (nSPS) is 11.5. The summed E-state index contributed by atoms with van der Waals surface area (Å²) >= 11 is 0. The van der Waals surface area contributed by atoms with E-state index >= 15 is 0 Å². The number of amides is 1. The van der Waals surface area contributed by atoms with Gasteiger partial charge in [0.05, 0.1) is 11.3 Å². The lowest BCUT2D eigenvalue weighted by Crippen LogP contribution is -2.27. The molecule has 1 aromatic rings. The Labute approximate surface area is 116 Å². The van der Waals surface area contributed by atoms with Gasteiger partial charge in [-0.15, -0.1) is 0 Å². The van der Waals surface area contributed by atoms with Gasteiger partial charge in [-0.2, -0.15) is 0 Å². The van der Waals surface area contributed by atoms with Crippen molar-refractivity contribution in [3.8, 4) is 0 Å². The fourth-order valence-electron chi connectivity index (χ4n) is 1.64. The van der Waals surface area contributed by atoms with Gasteiger partial charge in [-0.3, -0.25) is 9.78 Å². The van der Waals surface area contributed by atoms with Crippen LogP contribution in [0.2, 0.25) is 0 Å². The van der Waals surface area contributed by atoms with Crippen molar-refractivity contribution in [3.63, 3.8) is 0 Å². The molecule has 0 aliphatic carbocycles. The maximum absolute atomic E-state index is 12.0. The molecule has 0 bridgehead atoms. The fourth-order valence-corrected chi connectivity index (χ4v) is 1.64. The molecule has 0 spiro atoms. The van der Waals surface area contributed by atoms with Crippen LogP contribution in [-0.2, 0) is 0 Å². The average molecular weight is 263 g/mol. The summed E-state index contributed by atoms with van der Waals surface area (Å²) in [5, 5.41) is 6.22. The zero-order valence-electron chi connectivity index (χ0n) is 12.6. The molecule has 106 valence electrons. The lowest BCUT2D eigenvalue weighted by atomic mass is 10.1. The number of hydrogen-bond donors (Lipinski definition) is 2. The Morgan fingerprint density at radius 1 is 1.32 bits per heavy atom. The predicted octanol–water partition coefficient (Wildman–Crippen LogP) is 3.07. The minimum Gasteiger partial charge on any atom is -0.379 e. The number of anilines is 1. The van der Waals surface area contributed by atoms with Gasteiger partial charge in [0.15, 0.2) is 0 Å². The first-order valence-electron chi connectivity index (χ1n) is 6.79. The van der Waals surface area contributed by atoms with Gasteiger partial charge < -0.3 is 10.6 Å². The van der Waals surface area contributed by atoms with Gasteiger partial charge >= 0.3 is 0 Å². The molecule has 0 aromatic carbocycles. The fraction of sp³-hybridized carbons (Fsp3) is 0.600. The van der Waals surface area contributed by atoms with Crippen molar-refractivity contribution in [3.05, 3.63) is 24.0 Å². The van der Waals surface area contributed by atoms with Gasteiger partial charge in [-0.05, 0) is 39.2 Å². The largest absolute Gasteiger partial charge is 0.379 e. The third-order valence-corrected chi connectivity index (χ3v) is 2.53. The molecule has 1 amide bonds. The SMILES string of the molecule is CC(C)CCNC(=O)c1cncc(NC(C)(C)C)c1. The molecule has 1 heterocycles. The quantitative estimate of drug-likeness (QED) is 0.858. The van der Waals surface area contributed by atoms with Crippen LogP contribution in [0.1, 0.15) is 51.4 Å². The van der Waals surface area contributed by atoms with E-state index in [2.05, 4.69) is 50.2 Å². The summed E-state index contributed by atoms with van der Waals surface area (Å²) in [5.74, 6) is 0.526. The molecule has 1 aromatic heterocycles. The second kappa shape index (κ2) is 6.55. The molecular weight excluding hydrogens is 238 g/mol. The molecular formula is C15H25N3O. The number of rotatable bonds is 5. The van der Waals surface area contributed by atoms with Crippen LogP contribution in [0.5, 0.6) is 0 Å². The first-order chi connectivity index (χ1) is 8.78. The molecule has 4 nitrogen and oxygen atoms in total. The topological polar surface area (TPSA) is 54.0 Å². The number of nitrogens with zero attached hydrogens (tertiary/aromatic N) is 1. The highest BCUT2D eigenvalue weighted by Gasteiger charge is 2.11. The van der Waals surface area contributed by atoms with Crippen molar-refractivity contribution in [1.82, 2.24) is 10.3 Å². The highest BCUT2D eigenvalue weighted by Crippen LogP contribution is 2.14. The van der Waals surface area contributed by atoms with Crippen LogP contribution in [-0.4, -0.2) is 23.0 Å². The van der Waals surface area contributed by atoms with Crippen LogP contribution < -0.4 is 10.6 Å². The Bertz CT molecular complexity index is 422. The van der Waals surface area contributed by atoms with E-state index in [-0.39, 0.29) is 11.4 Å². The molecule has 0 saturated heterocycles.